The van der Waals surface area contributed by atoms with Crippen LogP contribution in [0.4, 0.5) is 10.3 Å². The van der Waals surface area contributed by atoms with Crippen molar-refractivity contribution in [1.29, 1.82) is 0 Å². The first-order chi connectivity index (χ1) is 15.0. The summed E-state index contributed by atoms with van der Waals surface area (Å²) >= 11 is 0. The van der Waals surface area contributed by atoms with Crippen LogP contribution in [-0.2, 0) is 4.79 Å². The molecule has 1 aromatic carbocycles. The molecule has 3 rings (SSSR count). The zero-order valence-electron chi connectivity index (χ0n) is 19.2. The molecule has 0 saturated heterocycles. The highest BCUT2D eigenvalue weighted by Crippen LogP contribution is 2.50. The van der Waals surface area contributed by atoms with Crippen LogP contribution in [0.1, 0.15) is 75.1 Å². The molecular formula is C24H32FN3O4. The number of aliphatic hydroxyl groups is 2. The zero-order chi connectivity index (χ0) is 23.7. The average molecular weight is 446 g/mol. The van der Waals surface area contributed by atoms with Gasteiger partial charge in [0.1, 0.15) is 5.82 Å². The van der Waals surface area contributed by atoms with Gasteiger partial charge in [0.15, 0.2) is 0 Å². The van der Waals surface area contributed by atoms with Gasteiger partial charge in [0.05, 0.1) is 30.0 Å². The SMILES string of the molecule is CCN(C)c1nc2c(c(C(C)C)n1)C(C)[C@H]([C@@H](O)C[C@@H](O)CC(=O)O)c1cc(F)ccc1-2. The quantitative estimate of drug-likeness (QED) is 0.569. The lowest BCUT2D eigenvalue weighted by molar-refractivity contribution is -0.139. The molecule has 0 aliphatic heterocycles. The second kappa shape index (κ2) is 9.50. The zero-order valence-corrected chi connectivity index (χ0v) is 19.2. The third-order valence-corrected chi connectivity index (χ3v) is 6.29. The van der Waals surface area contributed by atoms with E-state index in [9.17, 15) is 19.4 Å². The van der Waals surface area contributed by atoms with Crippen molar-refractivity contribution in [3.05, 3.63) is 40.8 Å². The summed E-state index contributed by atoms with van der Waals surface area (Å²) in [6.45, 7) is 8.78. The minimum Gasteiger partial charge on any atom is -0.481 e. The summed E-state index contributed by atoms with van der Waals surface area (Å²) in [6, 6.07) is 4.46. The lowest BCUT2D eigenvalue weighted by atomic mass is 9.69. The molecular weight excluding hydrogens is 413 g/mol. The van der Waals surface area contributed by atoms with Crippen molar-refractivity contribution in [3.63, 3.8) is 0 Å². The van der Waals surface area contributed by atoms with Crippen molar-refractivity contribution in [3.8, 4) is 11.3 Å². The van der Waals surface area contributed by atoms with E-state index in [1.807, 2.05) is 39.6 Å². The maximum atomic E-state index is 14.3. The Balaban J connectivity index is 2.18. The molecule has 1 aliphatic rings. The maximum Gasteiger partial charge on any atom is 0.305 e. The standard InChI is InChI=1S/C24H32FN3O4/c1-6-28(5)24-26-22(12(2)3)21-13(4)20(18(30)10-15(29)11-19(31)32)17-9-14(25)7-8-16(17)23(21)27-24/h7-9,12-13,15,18,20,29-30H,6,10-11H2,1-5H3,(H,31,32)/t13?,15-,18+,20+/m1/s1. The molecule has 0 fully saturated rings. The van der Waals surface area contributed by atoms with Gasteiger partial charge in [-0.15, -0.1) is 0 Å². The molecule has 8 heteroatoms. The van der Waals surface area contributed by atoms with Crippen LogP contribution in [0.25, 0.3) is 11.3 Å². The van der Waals surface area contributed by atoms with E-state index in [1.165, 1.54) is 12.1 Å². The second-order valence-corrected chi connectivity index (χ2v) is 8.94. The van der Waals surface area contributed by atoms with E-state index in [0.29, 0.717) is 11.5 Å². The highest BCUT2D eigenvalue weighted by Gasteiger charge is 2.40. The maximum absolute atomic E-state index is 14.3. The van der Waals surface area contributed by atoms with Crippen molar-refractivity contribution in [2.45, 2.75) is 70.5 Å². The van der Waals surface area contributed by atoms with Crippen LogP contribution in [0.3, 0.4) is 0 Å². The largest absolute Gasteiger partial charge is 0.481 e. The molecule has 3 N–H and O–H groups in total. The Morgan fingerprint density at radius 1 is 1.25 bits per heavy atom. The topological polar surface area (TPSA) is 107 Å². The fourth-order valence-corrected chi connectivity index (χ4v) is 4.61. The van der Waals surface area contributed by atoms with Gasteiger partial charge in [-0.2, -0.15) is 0 Å². The Morgan fingerprint density at radius 2 is 1.94 bits per heavy atom. The summed E-state index contributed by atoms with van der Waals surface area (Å²) in [5.74, 6) is -1.67. The molecule has 7 nitrogen and oxygen atoms in total. The number of carboxylic acid groups (broad SMARTS) is 1. The number of aliphatic carboxylic acids is 1. The van der Waals surface area contributed by atoms with Crippen LogP contribution >= 0.6 is 0 Å². The van der Waals surface area contributed by atoms with Crippen molar-refractivity contribution < 1.29 is 24.5 Å². The van der Waals surface area contributed by atoms with Gasteiger partial charge in [0.25, 0.3) is 0 Å². The molecule has 4 atom stereocenters. The molecule has 0 spiro atoms. The lowest BCUT2D eigenvalue weighted by Crippen LogP contribution is -2.32. The lowest BCUT2D eigenvalue weighted by Gasteiger charge is -2.38. The summed E-state index contributed by atoms with van der Waals surface area (Å²) in [5.41, 5.74) is 3.85. The summed E-state index contributed by atoms with van der Waals surface area (Å²) in [6.07, 6.45) is -2.85. The van der Waals surface area contributed by atoms with Crippen LogP contribution < -0.4 is 4.90 Å². The van der Waals surface area contributed by atoms with Crippen molar-refractivity contribution >= 4 is 11.9 Å². The molecule has 0 bridgehead atoms. The third kappa shape index (κ3) is 4.61. The fraction of sp³-hybridized carbons (Fsp3) is 0.542. The molecule has 0 amide bonds. The number of hydrogen-bond donors (Lipinski definition) is 3. The van der Waals surface area contributed by atoms with E-state index < -0.39 is 36.3 Å². The number of carbonyl (C=O) groups is 1. The van der Waals surface area contributed by atoms with Gasteiger partial charge in [-0.05, 0) is 42.5 Å². The first kappa shape index (κ1) is 24.1. The Labute approximate surface area is 188 Å². The highest BCUT2D eigenvalue weighted by molar-refractivity contribution is 5.74. The van der Waals surface area contributed by atoms with Crippen LogP contribution in [0.15, 0.2) is 18.2 Å². The number of carboxylic acids is 1. The molecule has 1 heterocycles. The van der Waals surface area contributed by atoms with Gasteiger partial charge in [0, 0.05) is 37.1 Å². The van der Waals surface area contributed by atoms with E-state index in [4.69, 9.17) is 15.1 Å². The predicted molar refractivity (Wildman–Crippen MR) is 120 cm³/mol. The molecule has 1 aromatic heterocycles. The molecule has 0 saturated carbocycles. The Morgan fingerprint density at radius 3 is 2.53 bits per heavy atom. The number of aromatic nitrogens is 2. The molecule has 174 valence electrons. The number of anilines is 1. The third-order valence-electron chi connectivity index (χ3n) is 6.29. The number of nitrogens with zero attached hydrogens (tertiary/aromatic N) is 3. The normalized spacial score (nSPS) is 19.3. The van der Waals surface area contributed by atoms with E-state index in [-0.39, 0.29) is 18.3 Å². The average Bonchev–Trinajstić information content (AvgIpc) is 2.71. The Kier molecular flexibility index (Phi) is 7.15. The monoisotopic (exact) mass is 445 g/mol. The number of hydrogen-bond acceptors (Lipinski definition) is 6. The smallest absolute Gasteiger partial charge is 0.305 e. The van der Waals surface area contributed by atoms with Gasteiger partial charge in [0.2, 0.25) is 5.95 Å². The molecule has 0 radical (unpaired) electrons. The fourth-order valence-electron chi connectivity index (χ4n) is 4.61. The number of halogens is 1. The number of fused-ring (bicyclic) bond motifs is 3. The number of rotatable bonds is 8. The van der Waals surface area contributed by atoms with Gasteiger partial charge in [-0.1, -0.05) is 20.8 Å². The Bertz CT molecular complexity index is 997. The Hall–Kier alpha value is -2.58. The summed E-state index contributed by atoms with van der Waals surface area (Å²) in [5, 5.41) is 30.2. The van der Waals surface area contributed by atoms with Gasteiger partial charge < -0.3 is 20.2 Å². The van der Waals surface area contributed by atoms with Crippen molar-refractivity contribution in [2.75, 3.05) is 18.5 Å². The first-order valence-corrected chi connectivity index (χ1v) is 11.1. The van der Waals surface area contributed by atoms with Gasteiger partial charge in [-0.3, -0.25) is 4.79 Å². The van der Waals surface area contributed by atoms with Crippen LogP contribution in [0, 0.1) is 5.82 Å². The van der Waals surface area contributed by atoms with Crippen molar-refractivity contribution in [1.82, 2.24) is 9.97 Å². The van der Waals surface area contributed by atoms with E-state index in [1.54, 1.807) is 6.07 Å². The summed E-state index contributed by atoms with van der Waals surface area (Å²) in [4.78, 5) is 22.6. The van der Waals surface area contributed by atoms with Crippen LogP contribution in [0.5, 0.6) is 0 Å². The molecule has 1 aliphatic carbocycles. The number of aliphatic hydroxyl groups excluding tert-OH is 2. The first-order valence-electron chi connectivity index (χ1n) is 11.1. The van der Waals surface area contributed by atoms with E-state index in [2.05, 4.69) is 0 Å². The van der Waals surface area contributed by atoms with Gasteiger partial charge >= 0.3 is 5.97 Å². The summed E-state index contributed by atoms with van der Waals surface area (Å²) in [7, 11) is 1.92. The van der Waals surface area contributed by atoms with Gasteiger partial charge in [-0.25, -0.2) is 14.4 Å². The van der Waals surface area contributed by atoms with E-state index >= 15 is 0 Å². The van der Waals surface area contributed by atoms with Crippen LogP contribution in [0.2, 0.25) is 0 Å². The van der Waals surface area contributed by atoms with Crippen molar-refractivity contribution in [2.24, 2.45) is 0 Å². The van der Waals surface area contributed by atoms with E-state index in [0.717, 1.165) is 29.1 Å². The molecule has 1 unspecified atom stereocenters. The summed E-state index contributed by atoms with van der Waals surface area (Å²) < 4.78 is 14.3. The van der Waals surface area contributed by atoms with Crippen LogP contribution in [-0.4, -0.2) is 57.1 Å². The molecule has 32 heavy (non-hydrogen) atoms. The second-order valence-electron chi connectivity index (χ2n) is 8.94. The highest BCUT2D eigenvalue weighted by atomic mass is 19.1. The number of benzene rings is 1. The predicted octanol–water partition coefficient (Wildman–Crippen LogP) is 3.65. The molecule has 2 aromatic rings. The minimum absolute atomic E-state index is 0.0931. The minimum atomic E-state index is -1.20.